The molecule has 0 radical (unpaired) electrons. The zero-order valence-electron chi connectivity index (χ0n) is 11.6. The molecule has 0 N–H and O–H groups in total. The monoisotopic (exact) mass is 562 g/mol. The third kappa shape index (κ3) is 2.35. The molecule has 4 rings (SSSR count). The van der Waals surface area contributed by atoms with Gasteiger partial charge in [-0.3, -0.25) is 0 Å². The van der Waals surface area contributed by atoms with Crippen molar-refractivity contribution in [3.63, 3.8) is 0 Å². The zero-order valence-corrected chi connectivity index (χ0v) is 18.4. The standard InChI is InChI=1S/C18H7FSe4/c19-8-5-6-11-12(7-8)18(23)14-13(17(11)22)15(20)9-3-1-2-4-10(9)16(14)21/h1-7H. The van der Waals surface area contributed by atoms with E-state index < -0.39 is 0 Å². The van der Waals surface area contributed by atoms with Gasteiger partial charge in [0.25, 0.3) is 0 Å². The molecule has 0 fully saturated rings. The molecule has 2 aliphatic carbocycles. The van der Waals surface area contributed by atoms with Gasteiger partial charge < -0.3 is 0 Å². The predicted molar refractivity (Wildman–Crippen MR) is 95.1 cm³/mol. The number of halogens is 1. The van der Waals surface area contributed by atoms with Crippen LogP contribution in [0.2, 0.25) is 0 Å². The van der Waals surface area contributed by atoms with E-state index in [1.807, 2.05) is 18.2 Å². The molecule has 2 aliphatic rings. The van der Waals surface area contributed by atoms with E-state index in [-0.39, 0.29) is 5.82 Å². The van der Waals surface area contributed by atoms with Crippen molar-refractivity contribution < 1.29 is 4.39 Å². The zero-order chi connectivity index (χ0) is 16.3. The molecule has 0 unspecified atom stereocenters. The summed E-state index contributed by atoms with van der Waals surface area (Å²) in [5, 5.41) is 6.53. The molecule has 0 aliphatic heterocycles. The molecule has 0 amide bonds. The van der Waals surface area contributed by atoms with Gasteiger partial charge in [-0.1, -0.05) is 0 Å². The van der Waals surface area contributed by atoms with Crippen molar-refractivity contribution in [3.05, 3.63) is 75.0 Å². The Bertz CT molecular complexity index is 1400. The molecule has 0 atom stereocenters. The van der Waals surface area contributed by atoms with Gasteiger partial charge >= 0.3 is 163 Å². The van der Waals surface area contributed by atoms with E-state index in [2.05, 4.69) is 74.4 Å². The predicted octanol–water partition coefficient (Wildman–Crippen LogP) is 2.53. The number of rotatable bonds is 0. The first kappa shape index (κ1) is 16.2. The number of fused-ring (bicyclic) bond motifs is 2. The van der Waals surface area contributed by atoms with Crippen LogP contribution < -0.4 is 0 Å². The van der Waals surface area contributed by atoms with E-state index in [9.17, 15) is 4.39 Å². The van der Waals surface area contributed by atoms with Gasteiger partial charge in [-0.25, -0.2) is 0 Å². The second-order valence-electron chi connectivity index (χ2n) is 5.30. The Morgan fingerprint density at radius 1 is 0.565 bits per heavy atom. The number of benzene rings is 2. The maximum atomic E-state index is 13.7. The fourth-order valence-corrected chi connectivity index (χ4v) is 6.82. The van der Waals surface area contributed by atoms with Crippen LogP contribution in [0.1, 0.15) is 0 Å². The molecular formula is C18H7FSe4. The Balaban J connectivity index is 2.59. The van der Waals surface area contributed by atoms with Gasteiger partial charge in [-0.15, -0.1) is 0 Å². The summed E-state index contributed by atoms with van der Waals surface area (Å²) < 4.78 is 18.0. The van der Waals surface area contributed by atoms with Gasteiger partial charge in [0, 0.05) is 0 Å². The topological polar surface area (TPSA) is 0 Å². The van der Waals surface area contributed by atoms with Crippen LogP contribution in [0.25, 0.3) is 21.5 Å². The van der Waals surface area contributed by atoms with Crippen LogP contribution in [-0.4, -0.2) is 62.3 Å². The molecule has 23 heavy (non-hydrogen) atoms. The molecule has 110 valence electrons. The van der Waals surface area contributed by atoms with Crippen molar-refractivity contribution in [1.82, 2.24) is 0 Å². The van der Waals surface area contributed by atoms with Crippen molar-refractivity contribution in [2.24, 2.45) is 0 Å². The van der Waals surface area contributed by atoms with Gasteiger partial charge in [-0.2, -0.15) is 0 Å². The summed E-state index contributed by atoms with van der Waals surface area (Å²) in [5.74, 6) is -0.224. The van der Waals surface area contributed by atoms with Crippen molar-refractivity contribution in [2.75, 3.05) is 0 Å². The summed E-state index contributed by atoms with van der Waals surface area (Å²) >= 11 is 12.8. The molecule has 2 aromatic carbocycles. The normalized spacial score (nSPS) is 11.5. The third-order valence-electron chi connectivity index (χ3n) is 4.05. The Labute approximate surface area is 162 Å². The fourth-order valence-electron chi connectivity index (χ4n) is 2.98. The van der Waals surface area contributed by atoms with Crippen molar-refractivity contribution in [3.8, 4) is 0 Å². The summed E-state index contributed by atoms with van der Waals surface area (Å²) in [6.07, 6.45) is 0. The van der Waals surface area contributed by atoms with Gasteiger partial charge in [0.05, 0.1) is 0 Å². The molecule has 0 spiro atoms. The molecule has 5 heteroatoms. The van der Waals surface area contributed by atoms with E-state index in [1.165, 1.54) is 16.8 Å². The average molecular weight is 558 g/mol. The van der Waals surface area contributed by atoms with Crippen LogP contribution in [0.5, 0.6) is 0 Å². The van der Waals surface area contributed by atoms with E-state index in [0.717, 1.165) is 37.5 Å². The second kappa shape index (κ2) is 5.88. The summed E-state index contributed by atoms with van der Waals surface area (Å²) in [4.78, 5) is 0. The minimum absolute atomic E-state index is 0.224. The molecule has 0 saturated heterocycles. The van der Waals surface area contributed by atoms with Crippen LogP contribution >= 0.6 is 0 Å². The minimum atomic E-state index is -0.224. The SMILES string of the molecule is Fc1ccc2c(=[Se])c3c(=[Se])c4ccccc4c(=[Se])c=3c(=[Se])c2c1. The van der Waals surface area contributed by atoms with Crippen molar-refractivity contribution >= 4 is 83.8 Å². The van der Waals surface area contributed by atoms with Crippen LogP contribution in [0.3, 0.4) is 0 Å². The first-order valence-corrected chi connectivity index (χ1v) is 10.2. The van der Waals surface area contributed by atoms with Gasteiger partial charge in [-0.05, 0) is 0 Å². The fraction of sp³-hybridized carbons (Fsp3) is 0. The Morgan fingerprint density at radius 2 is 1.00 bits per heavy atom. The van der Waals surface area contributed by atoms with Gasteiger partial charge in [0.2, 0.25) is 0 Å². The Hall–Kier alpha value is -0.332. The summed E-state index contributed by atoms with van der Waals surface area (Å²) in [7, 11) is 0. The molecule has 2 aromatic rings. The molecule has 0 bridgehead atoms. The van der Waals surface area contributed by atoms with Crippen LogP contribution in [0, 0.1) is 32.5 Å². The molecular weight excluding hydrogens is 551 g/mol. The van der Waals surface area contributed by atoms with Crippen LogP contribution in [0.15, 0.2) is 42.5 Å². The number of hydrogen-bond acceptors (Lipinski definition) is 0. The molecule has 0 heterocycles. The van der Waals surface area contributed by atoms with E-state index >= 15 is 0 Å². The first-order chi connectivity index (χ1) is 11.0. The van der Waals surface area contributed by atoms with E-state index in [0.29, 0.717) is 0 Å². The first-order valence-electron chi connectivity index (χ1n) is 6.82. The van der Waals surface area contributed by atoms with Gasteiger partial charge in [0.1, 0.15) is 0 Å². The van der Waals surface area contributed by atoms with Crippen LogP contribution in [0.4, 0.5) is 4.39 Å². The number of hydrogen-bond donors (Lipinski definition) is 0. The Morgan fingerprint density at radius 3 is 1.52 bits per heavy atom. The van der Waals surface area contributed by atoms with Crippen LogP contribution in [-0.2, 0) is 0 Å². The third-order valence-corrected chi connectivity index (χ3v) is 7.60. The summed E-state index contributed by atoms with van der Waals surface area (Å²) in [5.41, 5.74) is 0. The average Bonchev–Trinajstić information content (AvgIpc) is 2.56. The second-order valence-corrected chi connectivity index (χ2v) is 8.73. The van der Waals surface area contributed by atoms with Crippen molar-refractivity contribution in [1.29, 1.82) is 0 Å². The van der Waals surface area contributed by atoms with Gasteiger partial charge in [0.15, 0.2) is 0 Å². The van der Waals surface area contributed by atoms with E-state index in [4.69, 9.17) is 0 Å². The maximum absolute atomic E-state index is 13.7. The summed E-state index contributed by atoms with van der Waals surface area (Å²) in [6, 6.07) is 13.2. The molecule has 0 saturated carbocycles. The molecule has 0 aromatic heterocycles. The molecule has 0 nitrogen and oxygen atoms in total. The quantitative estimate of drug-likeness (QED) is 0.292. The Kier molecular flexibility index (Phi) is 4.13. The van der Waals surface area contributed by atoms with E-state index in [1.54, 1.807) is 6.07 Å². The summed E-state index contributed by atoms with van der Waals surface area (Å²) in [6.45, 7) is 0. The van der Waals surface area contributed by atoms with Crippen molar-refractivity contribution in [2.45, 2.75) is 0 Å².